The molecule has 0 radical (unpaired) electrons. The van der Waals surface area contributed by atoms with Crippen LogP contribution in [0.1, 0.15) is 19.4 Å². The molecule has 0 aliphatic carbocycles. The second-order valence-electron chi connectivity index (χ2n) is 4.86. The van der Waals surface area contributed by atoms with E-state index in [1.165, 1.54) is 12.1 Å². The van der Waals surface area contributed by atoms with Crippen molar-refractivity contribution >= 4 is 10.1 Å². The molecule has 0 aromatic heterocycles. The van der Waals surface area contributed by atoms with Crippen molar-refractivity contribution < 1.29 is 17.5 Å². The van der Waals surface area contributed by atoms with Crippen molar-refractivity contribution in [3.63, 3.8) is 0 Å². The second kappa shape index (κ2) is 8.00. The highest BCUT2D eigenvalue weighted by atomic mass is 32.2. The first kappa shape index (κ1) is 18.6. The zero-order valence-electron chi connectivity index (χ0n) is 12.5. The smallest absolute Gasteiger partial charge is 0.294 e. The van der Waals surface area contributed by atoms with Crippen LogP contribution in [-0.4, -0.2) is 44.1 Å². The van der Waals surface area contributed by atoms with Crippen LogP contribution in [0.2, 0.25) is 0 Å². The summed E-state index contributed by atoms with van der Waals surface area (Å²) in [6.07, 6.45) is 0. The number of quaternary nitrogens is 1. The summed E-state index contributed by atoms with van der Waals surface area (Å²) in [4.78, 5) is -0.0666. The third kappa shape index (κ3) is 6.66. The number of benzene rings is 1. The minimum absolute atomic E-state index is 0.0666. The van der Waals surface area contributed by atoms with Gasteiger partial charge in [0.1, 0.15) is 6.07 Å². The Hall–Kier alpha value is -1.42. The Morgan fingerprint density at radius 2 is 1.65 bits per heavy atom. The Balaban J connectivity index is 0.000000370. The lowest BCUT2D eigenvalue weighted by Crippen LogP contribution is -2.43. The highest BCUT2D eigenvalue weighted by molar-refractivity contribution is 7.85. The van der Waals surface area contributed by atoms with Crippen LogP contribution in [0.15, 0.2) is 29.2 Å². The summed E-state index contributed by atoms with van der Waals surface area (Å²) < 4.78 is 30.4. The predicted molar refractivity (Wildman–Crippen MR) is 78.7 cm³/mol. The maximum atomic E-state index is 10.5. The molecule has 20 heavy (non-hydrogen) atoms. The van der Waals surface area contributed by atoms with Crippen molar-refractivity contribution in [3.05, 3.63) is 29.8 Å². The Morgan fingerprint density at radius 3 is 1.90 bits per heavy atom. The van der Waals surface area contributed by atoms with Crippen LogP contribution >= 0.6 is 0 Å². The molecule has 1 aromatic carbocycles. The summed E-state index contributed by atoms with van der Waals surface area (Å²) in [5, 5.41) is 8.40. The van der Waals surface area contributed by atoms with Crippen LogP contribution in [0.3, 0.4) is 0 Å². The fourth-order valence-corrected chi connectivity index (χ4v) is 1.81. The predicted octanol–water partition coefficient (Wildman–Crippen LogP) is 2.24. The molecule has 0 bridgehead atoms. The number of nitrogens with zero attached hydrogens (tertiary/aromatic N) is 2. The van der Waals surface area contributed by atoms with Gasteiger partial charge in [0.05, 0.1) is 25.0 Å². The van der Waals surface area contributed by atoms with E-state index in [9.17, 15) is 8.42 Å². The molecule has 1 rings (SSSR count). The first-order chi connectivity index (χ1) is 9.18. The molecule has 0 spiro atoms. The molecule has 0 saturated heterocycles. The topological polar surface area (TPSA) is 78.2 Å². The largest absolute Gasteiger partial charge is 0.315 e. The van der Waals surface area contributed by atoms with E-state index in [1.807, 2.05) is 6.92 Å². The van der Waals surface area contributed by atoms with Gasteiger partial charge in [-0.25, -0.2) is 0 Å². The lowest BCUT2D eigenvalue weighted by atomic mass is 10.2. The van der Waals surface area contributed by atoms with Crippen molar-refractivity contribution in [1.29, 1.82) is 5.26 Å². The molecule has 0 aliphatic heterocycles. The molecule has 0 heterocycles. The molecule has 0 atom stereocenters. The number of aryl methyl sites for hydroxylation is 1. The van der Waals surface area contributed by atoms with E-state index in [-0.39, 0.29) is 4.90 Å². The summed E-state index contributed by atoms with van der Waals surface area (Å²) in [5.41, 5.74) is 0.956. The molecule has 5 nitrogen and oxygen atoms in total. The summed E-state index contributed by atoms with van der Waals surface area (Å²) >= 11 is 0. The Kier molecular flexibility index (Phi) is 7.43. The highest BCUT2D eigenvalue weighted by Crippen LogP contribution is 2.08. The van der Waals surface area contributed by atoms with Gasteiger partial charge >= 0.3 is 0 Å². The molecule has 0 saturated carbocycles. The fraction of sp³-hybridized carbons (Fsp3) is 0.500. The lowest BCUT2D eigenvalue weighted by Gasteiger charge is -2.28. The highest BCUT2D eigenvalue weighted by Gasteiger charge is 2.14. The molecule has 0 fully saturated rings. The molecule has 0 unspecified atom stereocenters. The van der Waals surface area contributed by atoms with E-state index in [1.54, 1.807) is 12.1 Å². The van der Waals surface area contributed by atoms with Crippen LogP contribution in [0, 0.1) is 18.3 Å². The standard InChI is InChI=1S/C7H15N2.C7H8O3S/c1-4-9(3,5-2)7-6-8;1-6-2-4-7(5-3-6)11(8,9)10/h4-5,7H2,1-3H3;2-5H,1H3,(H,8,9,10)/q+1;. The molecule has 0 amide bonds. The Labute approximate surface area is 121 Å². The van der Waals surface area contributed by atoms with Crippen molar-refractivity contribution in [3.8, 4) is 6.07 Å². The van der Waals surface area contributed by atoms with Gasteiger partial charge in [0.25, 0.3) is 10.1 Å². The molecule has 0 aliphatic rings. The molecular weight excluding hydrogens is 276 g/mol. The van der Waals surface area contributed by atoms with Crippen LogP contribution in [-0.2, 0) is 10.1 Å². The number of hydrogen-bond donors (Lipinski definition) is 1. The van der Waals surface area contributed by atoms with Gasteiger partial charge < -0.3 is 4.48 Å². The maximum absolute atomic E-state index is 10.5. The Morgan fingerprint density at radius 1 is 1.20 bits per heavy atom. The number of rotatable bonds is 4. The van der Waals surface area contributed by atoms with Gasteiger partial charge in [0.2, 0.25) is 0 Å². The Bertz CT molecular complexity index is 541. The van der Waals surface area contributed by atoms with E-state index >= 15 is 0 Å². The summed E-state index contributed by atoms with van der Waals surface area (Å²) in [6, 6.07) is 8.17. The molecule has 1 aromatic rings. The van der Waals surface area contributed by atoms with Gasteiger partial charge in [-0.2, -0.15) is 13.7 Å². The van der Waals surface area contributed by atoms with E-state index in [4.69, 9.17) is 9.81 Å². The van der Waals surface area contributed by atoms with Crippen LogP contribution in [0.25, 0.3) is 0 Å². The third-order valence-electron chi connectivity index (χ3n) is 3.30. The molecular formula is C14H23N2O3S+. The summed E-state index contributed by atoms with van der Waals surface area (Å²) in [5.74, 6) is 0. The van der Waals surface area contributed by atoms with Gasteiger partial charge in [0, 0.05) is 0 Å². The van der Waals surface area contributed by atoms with Gasteiger partial charge in [-0.3, -0.25) is 4.55 Å². The minimum atomic E-state index is -4.02. The SMILES string of the molecule is CC[N+](C)(CC)CC#N.Cc1ccc(S(=O)(=O)O)cc1. The van der Waals surface area contributed by atoms with Crippen LogP contribution in [0.5, 0.6) is 0 Å². The van der Waals surface area contributed by atoms with Crippen LogP contribution in [0.4, 0.5) is 0 Å². The summed E-state index contributed by atoms with van der Waals surface area (Å²) in [6.45, 7) is 8.79. The van der Waals surface area contributed by atoms with Gasteiger partial charge in [-0.05, 0) is 32.9 Å². The molecule has 112 valence electrons. The number of nitriles is 1. The third-order valence-corrected chi connectivity index (χ3v) is 4.17. The van der Waals surface area contributed by atoms with Gasteiger partial charge in [0.15, 0.2) is 6.54 Å². The van der Waals surface area contributed by atoms with Gasteiger partial charge in [-0.1, -0.05) is 17.7 Å². The zero-order chi connectivity index (χ0) is 15.8. The normalized spacial score (nSPS) is 11.2. The average Bonchev–Trinajstić information content (AvgIpc) is 2.39. The first-order valence-electron chi connectivity index (χ1n) is 6.43. The van der Waals surface area contributed by atoms with Gasteiger partial charge in [-0.15, -0.1) is 0 Å². The van der Waals surface area contributed by atoms with E-state index < -0.39 is 10.1 Å². The zero-order valence-corrected chi connectivity index (χ0v) is 13.3. The second-order valence-corrected chi connectivity index (χ2v) is 6.28. The first-order valence-corrected chi connectivity index (χ1v) is 7.87. The van der Waals surface area contributed by atoms with Crippen molar-refractivity contribution in [2.24, 2.45) is 0 Å². The average molecular weight is 299 g/mol. The molecule has 6 heteroatoms. The van der Waals surface area contributed by atoms with E-state index in [0.29, 0.717) is 6.54 Å². The van der Waals surface area contributed by atoms with E-state index in [0.717, 1.165) is 23.1 Å². The van der Waals surface area contributed by atoms with Crippen molar-refractivity contribution in [2.45, 2.75) is 25.7 Å². The van der Waals surface area contributed by atoms with Crippen LogP contribution < -0.4 is 0 Å². The minimum Gasteiger partial charge on any atom is -0.315 e. The van der Waals surface area contributed by atoms with Crippen molar-refractivity contribution in [1.82, 2.24) is 0 Å². The van der Waals surface area contributed by atoms with E-state index in [2.05, 4.69) is 27.0 Å². The fourth-order valence-electron chi connectivity index (χ4n) is 1.33. The molecule has 1 N–H and O–H groups in total. The number of hydrogen-bond acceptors (Lipinski definition) is 3. The monoisotopic (exact) mass is 299 g/mol. The maximum Gasteiger partial charge on any atom is 0.294 e. The summed E-state index contributed by atoms with van der Waals surface area (Å²) in [7, 11) is -1.92. The lowest BCUT2D eigenvalue weighted by molar-refractivity contribution is -0.899. The van der Waals surface area contributed by atoms with Crippen molar-refractivity contribution in [2.75, 3.05) is 26.7 Å². The quantitative estimate of drug-likeness (QED) is 0.525.